The first-order valence-corrected chi connectivity index (χ1v) is 13.7. The average molecular weight is 511 g/mol. The van der Waals surface area contributed by atoms with E-state index in [4.69, 9.17) is 20.2 Å². The van der Waals surface area contributed by atoms with Gasteiger partial charge in [-0.05, 0) is 57.6 Å². The van der Waals surface area contributed by atoms with E-state index in [1.807, 2.05) is 6.92 Å². The smallest absolute Gasteiger partial charge is 0.410 e. The molecule has 0 bridgehead atoms. The molecule has 0 spiro atoms. The van der Waals surface area contributed by atoms with Gasteiger partial charge in [0.25, 0.3) is 9.05 Å². The van der Waals surface area contributed by atoms with Gasteiger partial charge in [-0.1, -0.05) is 13.3 Å². The first-order chi connectivity index (χ1) is 15.5. The summed E-state index contributed by atoms with van der Waals surface area (Å²) in [5.41, 5.74) is 0.601. The van der Waals surface area contributed by atoms with Gasteiger partial charge in [-0.15, -0.1) is 0 Å². The molecule has 1 aromatic heterocycles. The van der Waals surface area contributed by atoms with Crippen LogP contribution in [0.5, 0.6) is 5.88 Å². The van der Waals surface area contributed by atoms with Gasteiger partial charge in [0.1, 0.15) is 4.90 Å². The number of hydrogen-bond acceptors (Lipinski definition) is 6. The Hall–Kier alpha value is -1.68. The summed E-state index contributed by atoms with van der Waals surface area (Å²) in [6.07, 6.45) is 3.20. The highest BCUT2D eigenvalue weighted by Gasteiger charge is 2.38. The SMILES string of the molecule is CCCCOC(=O)N(CCCCCOc1nc(C)ccc1S(=O)(=O)Cl)C1CCC(F)(F)CC1. The number of carbonyl (C=O) groups is 1. The molecule has 0 N–H and O–H groups in total. The van der Waals surface area contributed by atoms with E-state index < -0.39 is 21.1 Å². The molecule has 0 aromatic carbocycles. The van der Waals surface area contributed by atoms with Crippen molar-refractivity contribution in [3.8, 4) is 5.88 Å². The summed E-state index contributed by atoms with van der Waals surface area (Å²) >= 11 is 0. The second-order valence-electron chi connectivity index (χ2n) is 8.35. The third-order valence-corrected chi connectivity index (χ3v) is 6.93. The lowest BCUT2D eigenvalue weighted by Crippen LogP contribution is -2.45. The van der Waals surface area contributed by atoms with Crippen molar-refractivity contribution in [3.05, 3.63) is 17.8 Å². The quantitative estimate of drug-likeness (QED) is 0.265. The van der Waals surface area contributed by atoms with Gasteiger partial charge in [-0.2, -0.15) is 0 Å². The van der Waals surface area contributed by atoms with Crippen LogP contribution in [0.2, 0.25) is 0 Å². The normalized spacial score (nSPS) is 16.4. The maximum atomic E-state index is 13.5. The van der Waals surface area contributed by atoms with E-state index in [1.54, 1.807) is 11.8 Å². The Morgan fingerprint density at radius 3 is 2.52 bits per heavy atom. The van der Waals surface area contributed by atoms with Gasteiger partial charge in [0.05, 0.1) is 13.2 Å². The van der Waals surface area contributed by atoms with Crippen molar-refractivity contribution in [1.29, 1.82) is 0 Å². The summed E-state index contributed by atoms with van der Waals surface area (Å²) in [7, 11) is 1.46. The number of rotatable bonds is 12. The van der Waals surface area contributed by atoms with Gasteiger partial charge in [-0.3, -0.25) is 0 Å². The summed E-state index contributed by atoms with van der Waals surface area (Å²) in [5.74, 6) is -2.69. The molecule has 1 fully saturated rings. The number of nitrogens with zero attached hydrogens (tertiary/aromatic N) is 2. The minimum absolute atomic E-state index is 0.0331. The second kappa shape index (κ2) is 12.7. The number of aryl methyl sites for hydroxylation is 1. The van der Waals surface area contributed by atoms with Gasteiger partial charge in [0, 0.05) is 41.8 Å². The topological polar surface area (TPSA) is 85.8 Å². The zero-order chi connectivity index (χ0) is 24.5. The predicted octanol–water partition coefficient (Wildman–Crippen LogP) is 5.68. The van der Waals surface area contributed by atoms with E-state index >= 15 is 0 Å². The van der Waals surface area contributed by atoms with E-state index in [0.717, 1.165) is 12.8 Å². The van der Waals surface area contributed by atoms with Gasteiger partial charge in [0.15, 0.2) is 0 Å². The minimum Gasteiger partial charge on any atom is -0.477 e. The highest BCUT2D eigenvalue weighted by atomic mass is 35.7. The monoisotopic (exact) mass is 510 g/mol. The molecular formula is C22H33ClF2N2O5S. The van der Waals surface area contributed by atoms with Crippen molar-refractivity contribution in [3.63, 3.8) is 0 Å². The largest absolute Gasteiger partial charge is 0.477 e. The van der Waals surface area contributed by atoms with Crippen molar-refractivity contribution in [2.75, 3.05) is 19.8 Å². The molecule has 1 amide bonds. The zero-order valence-corrected chi connectivity index (χ0v) is 20.8. The van der Waals surface area contributed by atoms with Crippen molar-refractivity contribution < 1.29 is 31.5 Å². The van der Waals surface area contributed by atoms with Crippen LogP contribution in [0.15, 0.2) is 17.0 Å². The summed E-state index contributed by atoms with van der Waals surface area (Å²) in [6.45, 7) is 4.66. The molecule has 188 valence electrons. The Morgan fingerprint density at radius 2 is 1.88 bits per heavy atom. The van der Waals surface area contributed by atoms with Crippen molar-refractivity contribution in [2.45, 2.75) is 88.5 Å². The van der Waals surface area contributed by atoms with Gasteiger partial charge >= 0.3 is 6.09 Å². The summed E-state index contributed by atoms with van der Waals surface area (Å²) < 4.78 is 61.3. The number of amides is 1. The molecule has 1 aromatic rings. The Morgan fingerprint density at radius 1 is 1.18 bits per heavy atom. The first-order valence-electron chi connectivity index (χ1n) is 11.4. The third-order valence-electron chi connectivity index (χ3n) is 5.59. The minimum atomic E-state index is -3.98. The highest BCUT2D eigenvalue weighted by Crippen LogP contribution is 2.35. The molecule has 11 heteroatoms. The fourth-order valence-electron chi connectivity index (χ4n) is 3.69. The molecule has 0 atom stereocenters. The van der Waals surface area contributed by atoms with E-state index in [2.05, 4.69) is 4.98 Å². The number of hydrogen-bond donors (Lipinski definition) is 0. The molecule has 0 unspecified atom stereocenters. The third kappa shape index (κ3) is 9.23. The van der Waals surface area contributed by atoms with Crippen LogP contribution in [0.4, 0.5) is 13.6 Å². The van der Waals surface area contributed by atoms with E-state index in [9.17, 15) is 22.0 Å². The molecule has 33 heavy (non-hydrogen) atoms. The van der Waals surface area contributed by atoms with Crippen LogP contribution in [-0.2, 0) is 13.8 Å². The first kappa shape index (κ1) is 27.6. The zero-order valence-electron chi connectivity index (χ0n) is 19.2. The Kier molecular flexibility index (Phi) is 10.6. The summed E-state index contributed by atoms with van der Waals surface area (Å²) in [5, 5.41) is 0. The van der Waals surface area contributed by atoms with Crippen molar-refractivity contribution in [1.82, 2.24) is 9.88 Å². The molecule has 1 saturated carbocycles. The second-order valence-corrected chi connectivity index (χ2v) is 10.9. The number of unbranched alkanes of at least 4 members (excludes halogenated alkanes) is 3. The van der Waals surface area contributed by atoms with Gasteiger partial charge in [-0.25, -0.2) is 27.0 Å². The Bertz CT molecular complexity index is 876. The summed E-state index contributed by atoms with van der Waals surface area (Å²) in [4.78, 5) is 18.1. The predicted molar refractivity (Wildman–Crippen MR) is 122 cm³/mol. The number of alkyl halides is 2. The summed E-state index contributed by atoms with van der Waals surface area (Å²) in [6, 6.07) is 2.65. The highest BCUT2D eigenvalue weighted by molar-refractivity contribution is 8.13. The van der Waals surface area contributed by atoms with Gasteiger partial charge < -0.3 is 14.4 Å². The van der Waals surface area contributed by atoms with Crippen LogP contribution < -0.4 is 4.74 Å². The lowest BCUT2D eigenvalue weighted by Gasteiger charge is -2.36. The fraction of sp³-hybridized carbons (Fsp3) is 0.727. The van der Waals surface area contributed by atoms with Crippen LogP contribution in [0.3, 0.4) is 0 Å². The molecule has 0 aliphatic heterocycles. The Balaban J connectivity index is 1.84. The number of ether oxygens (including phenoxy) is 2. The van der Waals surface area contributed by atoms with Crippen LogP contribution >= 0.6 is 10.7 Å². The molecule has 0 saturated heterocycles. The fourth-order valence-corrected chi connectivity index (χ4v) is 4.58. The van der Waals surface area contributed by atoms with Crippen LogP contribution in [0, 0.1) is 6.92 Å². The van der Waals surface area contributed by atoms with E-state index in [0.29, 0.717) is 38.1 Å². The van der Waals surface area contributed by atoms with E-state index in [-0.39, 0.29) is 49.1 Å². The maximum absolute atomic E-state index is 13.5. The molecule has 7 nitrogen and oxygen atoms in total. The van der Waals surface area contributed by atoms with Crippen LogP contribution in [0.1, 0.15) is 70.4 Å². The van der Waals surface area contributed by atoms with Crippen molar-refractivity contribution >= 4 is 25.8 Å². The lowest BCUT2D eigenvalue weighted by molar-refractivity contribution is -0.0529. The van der Waals surface area contributed by atoms with Crippen LogP contribution in [0.25, 0.3) is 0 Å². The molecule has 1 heterocycles. The maximum Gasteiger partial charge on any atom is 0.410 e. The molecule has 2 rings (SSSR count). The van der Waals surface area contributed by atoms with E-state index in [1.165, 1.54) is 12.1 Å². The lowest BCUT2D eigenvalue weighted by atomic mass is 9.91. The standard InChI is InChI=1S/C22H33ClF2N2O5S/c1-3-4-15-32-21(28)27(18-10-12-22(24,25)13-11-18)14-6-5-7-16-31-20-19(33(23,29)30)9-8-17(2)26-20/h8-9,18H,3-7,10-16H2,1-2H3. The number of halogens is 3. The van der Waals surface area contributed by atoms with Crippen LogP contribution in [-0.4, -0.2) is 56.1 Å². The molecule has 1 aliphatic rings. The number of carbonyl (C=O) groups excluding carboxylic acids is 1. The van der Waals surface area contributed by atoms with Gasteiger partial charge in [0.2, 0.25) is 11.8 Å². The van der Waals surface area contributed by atoms with Crippen molar-refractivity contribution in [2.24, 2.45) is 0 Å². The molecule has 0 radical (unpaired) electrons. The molecule has 1 aliphatic carbocycles. The average Bonchev–Trinajstić information content (AvgIpc) is 2.73. The molecular weight excluding hydrogens is 478 g/mol. The Labute approximate surface area is 199 Å². The number of pyridine rings is 1. The number of aromatic nitrogens is 1.